The third kappa shape index (κ3) is 4.24. The smallest absolute Gasteiger partial charge is 0.337 e. The lowest BCUT2D eigenvalue weighted by molar-refractivity contribution is 0.0697. The van der Waals surface area contributed by atoms with Crippen molar-refractivity contribution in [3.05, 3.63) is 51.5 Å². The van der Waals surface area contributed by atoms with Crippen molar-refractivity contribution in [2.24, 2.45) is 0 Å². The summed E-state index contributed by atoms with van der Waals surface area (Å²) in [4.78, 5) is 11.0. The molecule has 24 heavy (non-hydrogen) atoms. The predicted molar refractivity (Wildman–Crippen MR) is 94.9 cm³/mol. The van der Waals surface area contributed by atoms with Crippen molar-refractivity contribution in [1.82, 2.24) is 0 Å². The van der Waals surface area contributed by atoms with Gasteiger partial charge in [-0.05, 0) is 36.8 Å². The molecule has 2 rings (SSSR count). The van der Waals surface area contributed by atoms with Crippen molar-refractivity contribution >= 4 is 34.9 Å². The van der Waals surface area contributed by atoms with Gasteiger partial charge in [0.25, 0.3) is 0 Å². The SMILES string of the molecule is CCOc1cc(CNc2ccc(C(=O)O)c(Cl)c2)c(Cl)cc1OC. The van der Waals surface area contributed by atoms with E-state index in [1.165, 1.54) is 6.07 Å². The molecule has 7 heteroatoms. The second kappa shape index (κ2) is 8.13. The molecule has 0 aliphatic rings. The van der Waals surface area contributed by atoms with Crippen molar-refractivity contribution < 1.29 is 19.4 Å². The molecule has 0 radical (unpaired) electrons. The average Bonchev–Trinajstić information content (AvgIpc) is 2.54. The first kappa shape index (κ1) is 18.2. The van der Waals surface area contributed by atoms with E-state index in [0.29, 0.717) is 35.4 Å². The highest BCUT2D eigenvalue weighted by Gasteiger charge is 2.12. The lowest BCUT2D eigenvalue weighted by atomic mass is 10.1. The molecule has 0 saturated heterocycles. The number of carbonyl (C=O) groups is 1. The van der Waals surface area contributed by atoms with E-state index in [1.54, 1.807) is 25.3 Å². The van der Waals surface area contributed by atoms with Gasteiger partial charge in [0.1, 0.15) is 0 Å². The van der Waals surface area contributed by atoms with Gasteiger partial charge in [0.05, 0.1) is 24.3 Å². The Balaban J connectivity index is 2.18. The Labute approximate surface area is 150 Å². The summed E-state index contributed by atoms with van der Waals surface area (Å²) in [5.41, 5.74) is 1.57. The minimum absolute atomic E-state index is 0.0586. The fourth-order valence-electron chi connectivity index (χ4n) is 2.14. The fraction of sp³-hybridized carbons (Fsp3) is 0.235. The number of aromatic carboxylic acids is 1. The summed E-state index contributed by atoms with van der Waals surface area (Å²) in [6.45, 7) is 2.82. The Morgan fingerprint density at radius 2 is 1.92 bits per heavy atom. The standard InChI is InChI=1S/C17H17Cl2NO4/c1-3-24-16-6-10(13(18)8-15(16)23-2)9-20-11-4-5-12(17(21)22)14(19)7-11/h4-8,20H,3,9H2,1-2H3,(H,21,22). The van der Waals surface area contributed by atoms with Crippen LogP contribution in [0.25, 0.3) is 0 Å². The Hall–Kier alpha value is -2.11. The first-order valence-corrected chi connectivity index (χ1v) is 7.97. The van der Waals surface area contributed by atoms with Gasteiger partial charge in [0.15, 0.2) is 11.5 Å². The highest BCUT2D eigenvalue weighted by atomic mass is 35.5. The van der Waals surface area contributed by atoms with Crippen LogP contribution in [0, 0.1) is 0 Å². The highest BCUT2D eigenvalue weighted by Crippen LogP contribution is 2.34. The summed E-state index contributed by atoms with van der Waals surface area (Å²) in [6, 6.07) is 8.17. The lowest BCUT2D eigenvalue weighted by Gasteiger charge is -2.14. The molecule has 0 bridgehead atoms. The lowest BCUT2D eigenvalue weighted by Crippen LogP contribution is -2.04. The summed E-state index contributed by atoms with van der Waals surface area (Å²) in [7, 11) is 1.55. The Kier molecular flexibility index (Phi) is 6.17. The summed E-state index contributed by atoms with van der Waals surface area (Å²) >= 11 is 12.2. The normalized spacial score (nSPS) is 10.3. The van der Waals surface area contributed by atoms with E-state index in [-0.39, 0.29) is 10.6 Å². The monoisotopic (exact) mass is 369 g/mol. The summed E-state index contributed by atoms with van der Waals surface area (Å²) in [6.07, 6.45) is 0. The highest BCUT2D eigenvalue weighted by molar-refractivity contribution is 6.33. The molecule has 0 atom stereocenters. The zero-order valence-corrected chi connectivity index (χ0v) is 14.7. The van der Waals surface area contributed by atoms with Gasteiger partial charge in [-0.15, -0.1) is 0 Å². The number of methoxy groups -OCH3 is 1. The van der Waals surface area contributed by atoms with Gasteiger partial charge < -0.3 is 19.9 Å². The molecule has 0 spiro atoms. The third-order valence-corrected chi connectivity index (χ3v) is 3.98. The number of benzene rings is 2. The predicted octanol–water partition coefficient (Wildman–Crippen LogP) is 4.71. The number of carboxylic acids is 1. The van der Waals surface area contributed by atoms with E-state index in [9.17, 15) is 4.79 Å². The largest absolute Gasteiger partial charge is 0.493 e. The van der Waals surface area contributed by atoms with Crippen molar-refractivity contribution in [3.63, 3.8) is 0 Å². The summed E-state index contributed by atoms with van der Waals surface area (Å²) in [5, 5.41) is 12.8. The summed E-state index contributed by atoms with van der Waals surface area (Å²) < 4.78 is 10.8. The minimum atomic E-state index is -1.06. The van der Waals surface area contributed by atoms with Crippen LogP contribution in [-0.2, 0) is 6.54 Å². The number of anilines is 1. The molecule has 0 aromatic heterocycles. The molecule has 0 fully saturated rings. The van der Waals surface area contributed by atoms with Crippen LogP contribution in [0.1, 0.15) is 22.8 Å². The second-order valence-corrected chi connectivity index (χ2v) is 5.70. The van der Waals surface area contributed by atoms with E-state index in [0.717, 1.165) is 5.56 Å². The molecule has 0 unspecified atom stereocenters. The molecule has 0 aliphatic carbocycles. The van der Waals surface area contributed by atoms with Crippen molar-refractivity contribution in [3.8, 4) is 11.5 Å². The van der Waals surface area contributed by atoms with Gasteiger partial charge in [-0.3, -0.25) is 0 Å². The van der Waals surface area contributed by atoms with Crippen LogP contribution < -0.4 is 14.8 Å². The fourth-order valence-corrected chi connectivity index (χ4v) is 2.62. The van der Waals surface area contributed by atoms with Gasteiger partial charge in [-0.1, -0.05) is 23.2 Å². The number of halogens is 2. The summed E-state index contributed by atoms with van der Waals surface area (Å²) in [5.74, 6) is 0.117. The third-order valence-electron chi connectivity index (χ3n) is 3.31. The minimum Gasteiger partial charge on any atom is -0.493 e. The molecule has 0 heterocycles. The molecule has 0 saturated carbocycles. The molecular weight excluding hydrogens is 353 g/mol. The van der Waals surface area contributed by atoms with E-state index >= 15 is 0 Å². The first-order valence-electron chi connectivity index (χ1n) is 7.22. The number of hydrogen-bond acceptors (Lipinski definition) is 4. The number of carboxylic acid groups (broad SMARTS) is 1. The Morgan fingerprint density at radius 1 is 1.17 bits per heavy atom. The topological polar surface area (TPSA) is 67.8 Å². The van der Waals surface area contributed by atoms with Crippen LogP contribution in [0.4, 0.5) is 5.69 Å². The molecule has 5 nitrogen and oxygen atoms in total. The number of nitrogens with one attached hydrogen (secondary N) is 1. The Morgan fingerprint density at radius 3 is 2.50 bits per heavy atom. The molecule has 2 aromatic carbocycles. The second-order valence-electron chi connectivity index (χ2n) is 4.88. The van der Waals surface area contributed by atoms with Crippen LogP contribution in [0.2, 0.25) is 10.0 Å². The van der Waals surface area contributed by atoms with Crippen LogP contribution in [0.5, 0.6) is 11.5 Å². The molecule has 0 aliphatic heterocycles. The van der Waals surface area contributed by atoms with Gasteiger partial charge in [-0.25, -0.2) is 4.79 Å². The maximum absolute atomic E-state index is 11.0. The quantitative estimate of drug-likeness (QED) is 0.739. The Bertz CT molecular complexity index is 750. The van der Waals surface area contributed by atoms with E-state index in [4.69, 9.17) is 37.8 Å². The van der Waals surface area contributed by atoms with Crippen molar-refractivity contribution in [2.75, 3.05) is 19.0 Å². The number of hydrogen-bond donors (Lipinski definition) is 2. The maximum Gasteiger partial charge on any atom is 0.337 e. The van der Waals surface area contributed by atoms with Crippen LogP contribution >= 0.6 is 23.2 Å². The zero-order chi connectivity index (χ0) is 17.7. The molecule has 2 aromatic rings. The number of rotatable bonds is 7. The zero-order valence-electron chi connectivity index (χ0n) is 13.2. The van der Waals surface area contributed by atoms with Crippen molar-refractivity contribution in [1.29, 1.82) is 0 Å². The van der Waals surface area contributed by atoms with E-state index in [2.05, 4.69) is 5.32 Å². The molecule has 128 valence electrons. The van der Waals surface area contributed by atoms with E-state index < -0.39 is 5.97 Å². The van der Waals surface area contributed by atoms with E-state index in [1.807, 2.05) is 13.0 Å². The van der Waals surface area contributed by atoms with Gasteiger partial charge in [0, 0.05) is 23.3 Å². The van der Waals surface area contributed by atoms with Gasteiger partial charge in [-0.2, -0.15) is 0 Å². The van der Waals surface area contributed by atoms with Crippen molar-refractivity contribution in [2.45, 2.75) is 13.5 Å². The molecule has 0 amide bonds. The average molecular weight is 370 g/mol. The van der Waals surface area contributed by atoms with Crippen LogP contribution in [0.15, 0.2) is 30.3 Å². The molecule has 2 N–H and O–H groups in total. The van der Waals surface area contributed by atoms with Gasteiger partial charge >= 0.3 is 5.97 Å². The maximum atomic E-state index is 11.0. The number of ether oxygens (including phenoxy) is 2. The van der Waals surface area contributed by atoms with Gasteiger partial charge in [0.2, 0.25) is 0 Å². The molecular formula is C17H17Cl2NO4. The van der Waals surface area contributed by atoms with Crippen LogP contribution in [0.3, 0.4) is 0 Å². The first-order chi connectivity index (χ1) is 11.5. The van der Waals surface area contributed by atoms with Crippen LogP contribution in [-0.4, -0.2) is 24.8 Å².